The number of aliphatic carboxylic acids is 1. The summed E-state index contributed by atoms with van der Waals surface area (Å²) in [6, 6.07) is 20.7. The van der Waals surface area contributed by atoms with E-state index < -0.39 is 5.97 Å². The molecule has 0 atom stereocenters. The predicted octanol–water partition coefficient (Wildman–Crippen LogP) is 5.21. The van der Waals surface area contributed by atoms with Crippen molar-refractivity contribution in [2.24, 2.45) is 0 Å². The Morgan fingerprint density at radius 2 is 1.68 bits per heavy atom. The molecule has 0 aliphatic carbocycles. The predicted molar refractivity (Wildman–Crippen MR) is 126 cm³/mol. The zero-order valence-corrected chi connectivity index (χ0v) is 17.9. The summed E-state index contributed by atoms with van der Waals surface area (Å²) in [5.41, 5.74) is 5.14. The Labute approximate surface area is 184 Å². The molecule has 156 valence electrons. The van der Waals surface area contributed by atoms with Gasteiger partial charge in [0.25, 0.3) is 5.56 Å². The Morgan fingerprint density at radius 3 is 2.35 bits per heavy atom. The van der Waals surface area contributed by atoms with Crippen LogP contribution in [-0.4, -0.2) is 30.2 Å². The smallest absolute Gasteiger partial charge is 0.307 e. The van der Waals surface area contributed by atoms with Crippen LogP contribution in [0.3, 0.4) is 0 Å². The van der Waals surface area contributed by atoms with Crippen molar-refractivity contribution in [1.82, 2.24) is 4.98 Å². The number of pyridine rings is 1. The molecule has 0 unspecified atom stereocenters. The molecule has 0 amide bonds. The maximum absolute atomic E-state index is 12.7. The van der Waals surface area contributed by atoms with Gasteiger partial charge in [0.1, 0.15) is 0 Å². The van der Waals surface area contributed by atoms with Gasteiger partial charge in [-0.2, -0.15) is 0 Å². The van der Waals surface area contributed by atoms with E-state index in [-0.39, 0.29) is 12.0 Å². The maximum atomic E-state index is 12.7. The lowest BCUT2D eigenvalue weighted by Crippen LogP contribution is -2.09. The molecular formula is C25H21ClN2O3. The quantitative estimate of drug-likeness (QED) is 0.454. The zero-order valence-electron chi connectivity index (χ0n) is 17.1. The highest BCUT2D eigenvalue weighted by atomic mass is 35.5. The summed E-state index contributed by atoms with van der Waals surface area (Å²) in [6.45, 7) is 0. The molecule has 2 N–H and O–H groups in total. The van der Waals surface area contributed by atoms with Gasteiger partial charge in [-0.3, -0.25) is 9.59 Å². The Bertz CT molecular complexity index is 1340. The van der Waals surface area contributed by atoms with E-state index in [0.717, 1.165) is 22.2 Å². The normalized spacial score (nSPS) is 10.9. The highest BCUT2D eigenvalue weighted by molar-refractivity contribution is 6.34. The van der Waals surface area contributed by atoms with Crippen molar-refractivity contribution < 1.29 is 9.90 Å². The number of rotatable bonds is 5. The minimum absolute atomic E-state index is 0.0952. The fourth-order valence-electron chi connectivity index (χ4n) is 3.63. The number of fused-ring (bicyclic) bond motifs is 1. The molecule has 0 radical (unpaired) electrons. The first-order valence-electron chi connectivity index (χ1n) is 9.77. The summed E-state index contributed by atoms with van der Waals surface area (Å²) in [7, 11) is 3.97. The number of hydrogen-bond donors (Lipinski definition) is 2. The van der Waals surface area contributed by atoms with E-state index in [9.17, 15) is 9.59 Å². The lowest BCUT2D eigenvalue weighted by atomic mass is 9.99. The van der Waals surface area contributed by atoms with Crippen LogP contribution < -0.4 is 10.5 Å². The second-order valence-electron chi connectivity index (χ2n) is 7.64. The van der Waals surface area contributed by atoms with Crippen molar-refractivity contribution in [3.63, 3.8) is 0 Å². The first kappa shape index (κ1) is 20.7. The van der Waals surface area contributed by atoms with Crippen molar-refractivity contribution >= 4 is 34.2 Å². The minimum Gasteiger partial charge on any atom is -0.481 e. The molecule has 6 heteroatoms. The van der Waals surface area contributed by atoms with E-state index in [4.69, 9.17) is 16.7 Å². The highest BCUT2D eigenvalue weighted by Crippen LogP contribution is 2.33. The minimum atomic E-state index is -0.913. The van der Waals surface area contributed by atoms with Crippen LogP contribution in [0, 0.1) is 0 Å². The number of nitrogens with one attached hydrogen (secondary N) is 1. The van der Waals surface area contributed by atoms with Gasteiger partial charge < -0.3 is 15.0 Å². The Kier molecular flexibility index (Phi) is 5.53. The van der Waals surface area contributed by atoms with Crippen molar-refractivity contribution in [2.45, 2.75) is 6.42 Å². The van der Waals surface area contributed by atoms with Gasteiger partial charge in [-0.05, 0) is 52.4 Å². The Morgan fingerprint density at radius 1 is 0.968 bits per heavy atom. The number of carbonyl (C=O) groups is 1. The monoisotopic (exact) mass is 432 g/mol. The number of halogens is 1. The molecule has 1 aromatic heterocycles. The first-order valence-corrected chi connectivity index (χ1v) is 10.1. The van der Waals surface area contributed by atoms with E-state index in [1.165, 1.54) is 0 Å². The van der Waals surface area contributed by atoms with Crippen LogP contribution in [0.5, 0.6) is 0 Å². The lowest BCUT2D eigenvalue weighted by molar-refractivity contribution is -0.136. The number of carboxylic acid groups (broad SMARTS) is 1. The molecule has 0 aliphatic heterocycles. The van der Waals surface area contributed by atoms with Crippen molar-refractivity contribution in [3.8, 4) is 22.3 Å². The molecular weight excluding hydrogens is 412 g/mol. The molecule has 1 heterocycles. The number of carboxylic acids is 1. The average Bonchev–Trinajstić information content (AvgIpc) is 2.73. The van der Waals surface area contributed by atoms with Gasteiger partial charge in [0.2, 0.25) is 0 Å². The van der Waals surface area contributed by atoms with Crippen LogP contribution in [0.4, 0.5) is 5.69 Å². The van der Waals surface area contributed by atoms with Crippen LogP contribution in [0.2, 0.25) is 5.02 Å². The van der Waals surface area contributed by atoms with Crippen LogP contribution in [-0.2, 0) is 11.2 Å². The molecule has 0 saturated carbocycles. The molecule has 0 spiro atoms. The number of aromatic nitrogens is 1. The highest BCUT2D eigenvalue weighted by Gasteiger charge is 2.11. The Hall–Kier alpha value is -3.57. The third kappa shape index (κ3) is 4.32. The summed E-state index contributed by atoms with van der Waals surface area (Å²) in [4.78, 5) is 28.7. The van der Waals surface area contributed by atoms with E-state index in [2.05, 4.69) is 4.98 Å². The van der Waals surface area contributed by atoms with Crippen molar-refractivity contribution in [2.75, 3.05) is 19.0 Å². The maximum Gasteiger partial charge on any atom is 0.307 e. The average molecular weight is 433 g/mol. The molecule has 4 aromatic rings. The van der Waals surface area contributed by atoms with Gasteiger partial charge in [0.15, 0.2) is 0 Å². The molecule has 0 aliphatic rings. The van der Waals surface area contributed by atoms with Gasteiger partial charge in [-0.15, -0.1) is 0 Å². The van der Waals surface area contributed by atoms with Gasteiger partial charge in [0, 0.05) is 36.4 Å². The van der Waals surface area contributed by atoms with Crippen LogP contribution in [0.1, 0.15) is 5.56 Å². The number of hydrogen-bond acceptors (Lipinski definition) is 3. The molecule has 5 nitrogen and oxygen atoms in total. The fraction of sp³-hybridized carbons (Fsp3) is 0.120. The number of aromatic amines is 1. The second-order valence-corrected chi connectivity index (χ2v) is 8.05. The van der Waals surface area contributed by atoms with Gasteiger partial charge in [0.05, 0.1) is 11.4 Å². The van der Waals surface area contributed by atoms with Gasteiger partial charge in [-0.1, -0.05) is 48.0 Å². The van der Waals surface area contributed by atoms with Crippen molar-refractivity contribution in [3.05, 3.63) is 87.7 Å². The molecule has 0 saturated heterocycles. The second kappa shape index (κ2) is 8.28. The lowest BCUT2D eigenvalue weighted by Gasteiger charge is -2.14. The van der Waals surface area contributed by atoms with E-state index in [1.54, 1.807) is 30.3 Å². The number of benzene rings is 3. The van der Waals surface area contributed by atoms with Gasteiger partial charge >= 0.3 is 5.97 Å². The third-order valence-corrected chi connectivity index (χ3v) is 5.53. The number of nitrogens with zero attached hydrogens (tertiary/aromatic N) is 1. The fourth-order valence-corrected chi connectivity index (χ4v) is 3.90. The number of anilines is 1. The summed E-state index contributed by atoms with van der Waals surface area (Å²) in [5, 5.41) is 10.4. The van der Waals surface area contributed by atoms with Gasteiger partial charge in [-0.25, -0.2) is 0 Å². The van der Waals surface area contributed by atoms with E-state index in [1.807, 2.05) is 55.4 Å². The molecule has 31 heavy (non-hydrogen) atoms. The van der Waals surface area contributed by atoms with E-state index in [0.29, 0.717) is 27.2 Å². The summed E-state index contributed by atoms with van der Waals surface area (Å²) < 4.78 is 0. The summed E-state index contributed by atoms with van der Waals surface area (Å²) >= 11 is 6.53. The molecule has 0 bridgehead atoms. The number of H-pyrrole nitrogens is 1. The Balaban J connectivity index is 1.81. The molecule has 3 aromatic carbocycles. The van der Waals surface area contributed by atoms with Crippen molar-refractivity contribution in [1.29, 1.82) is 0 Å². The third-order valence-electron chi connectivity index (χ3n) is 5.22. The first-order chi connectivity index (χ1) is 14.8. The van der Waals surface area contributed by atoms with Crippen LogP contribution in [0.25, 0.3) is 33.2 Å². The van der Waals surface area contributed by atoms with E-state index >= 15 is 0 Å². The van der Waals surface area contributed by atoms with Crippen LogP contribution >= 0.6 is 11.6 Å². The summed E-state index contributed by atoms with van der Waals surface area (Å²) in [5.74, 6) is -0.913. The zero-order chi connectivity index (χ0) is 22.1. The standard InChI is InChI=1S/C25H21ClN2O3/c1-28(2)19-8-6-16(7-9-19)20-12-18-13-21(25(31)27-23(18)14-22(20)26)17-5-3-4-15(10-17)11-24(29)30/h3-10,12-14H,11H2,1-2H3,(H,27,31)(H,29,30). The van der Waals surface area contributed by atoms with Crippen LogP contribution in [0.15, 0.2) is 71.5 Å². The summed E-state index contributed by atoms with van der Waals surface area (Å²) in [6.07, 6.45) is -0.0952. The largest absolute Gasteiger partial charge is 0.481 e. The SMILES string of the molecule is CN(C)c1ccc(-c2cc3cc(-c4cccc(CC(=O)O)c4)c(=O)[nH]c3cc2Cl)cc1. The molecule has 4 rings (SSSR count). The topological polar surface area (TPSA) is 73.4 Å². The molecule has 0 fully saturated rings.